The molecule has 0 fully saturated rings. The fourth-order valence-corrected chi connectivity index (χ4v) is 3.16. The summed E-state index contributed by atoms with van der Waals surface area (Å²) in [5.74, 6) is 0.799. The molecule has 0 atom stereocenters. The van der Waals surface area contributed by atoms with Crippen LogP contribution in [-0.2, 0) is 19.5 Å². The van der Waals surface area contributed by atoms with Crippen molar-refractivity contribution in [3.8, 4) is 0 Å². The molecule has 3 aromatic rings. The molecule has 0 spiro atoms. The quantitative estimate of drug-likeness (QED) is 0.718. The molecule has 0 aromatic carbocycles. The van der Waals surface area contributed by atoms with Crippen LogP contribution in [0.4, 0.5) is 0 Å². The van der Waals surface area contributed by atoms with Gasteiger partial charge >= 0.3 is 0 Å². The highest BCUT2D eigenvalue weighted by atomic mass is 16.1. The van der Waals surface area contributed by atoms with Crippen LogP contribution in [0.5, 0.6) is 0 Å². The topological polar surface area (TPSA) is 63.4 Å². The van der Waals surface area contributed by atoms with Gasteiger partial charge in [0, 0.05) is 38.1 Å². The Hall–Kier alpha value is -2.60. The second-order valence-electron chi connectivity index (χ2n) is 6.37. The summed E-state index contributed by atoms with van der Waals surface area (Å²) in [6.45, 7) is 6.23. The first-order valence-electron chi connectivity index (χ1n) is 8.11. The van der Waals surface area contributed by atoms with Crippen LogP contribution in [0.2, 0.25) is 0 Å². The fourth-order valence-electron chi connectivity index (χ4n) is 3.16. The molecule has 3 aromatic heterocycles. The minimum Gasteiger partial charge on any atom is -0.291 e. The lowest BCUT2D eigenvalue weighted by atomic mass is 10.1. The molecule has 0 aliphatic carbocycles. The molecular formula is C18H19N5O. The van der Waals surface area contributed by atoms with Crippen LogP contribution >= 0.6 is 0 Å². The Labute approximate surface area is 139 Å². The first kappa shape index (κ1) is 15.0. The minimum atomic E-state index is -0.0331. The summed E-state index contributed by atoms with van der Waals surface area (Å²) in [5.41, 5.74) is 4.81. The van der Waals surface area contributed by atoms with Gasteiger partial charge in [0.1, 0.15) is 11.5 Å². The van der Waals surface area contributed by atoms with Crippen LogP contribution in [0.1, 0.15) is 28.3 Å². The number of nitrogens with zero attached hydrogens (tertiary/aromatic N) is 5. The zero-order valence-corrected chi connectivity index (χ0v) is 13.9. The number of aryl methyl sites for hydroxylation is 2. The highest BCUT2D eigenvalue weighted by Crippen LogP contribution is 2.17. The molecule has 4 rings (SSSR count). The van der Waals surface area contributed by atoms with Crippen molar-refractivity contribution < 1.29 is 0 Å². The molecule has 122 valence electrons. The van der Waals surface area contributed by atoms with E-state index in [1.165, 1.54) is 5.56 Å². The summed E-state index contributed by atoms with van der Waals surface area (Å²) in [6, 6.07) is 5.50. The zero-order valence-electron chi connectivity index (χ0n) is 13.9. The highest BCUT2D eigenvalue weighted by molar-refractivity contribution is 5.40. The van der Waals surface area contributed by atoms with E-state index in [1.54, 1.807) is 10.5 Å². The van der Waals surface area contributed by atoms with Crippen molar-refractivity contribution in [3.05, 3.63) is 69.3 Å². The van der Waals surface area contributed by atoms with Gasteiger partial charge in [0.2, 0.25) is 0 Å². The van der Waals surface area contributed by atoms with E-state index in [1.807, 2.05) is 38.4 Å². The summed E-state index contributed by atoms with van der Waals surface area (Å²) in [4.78, 5) is 28.0. The lowest BCUT2D eigenvalue weighted by molar-refractivity contribution is 0.238. The van der Waals surface area contributed by atoms with Crippen LogP contribution in [-0.4, -0.2) is 30.8 Å². The third-order valence-corrected chi connectivity index (χ3v) is 4.39. The van der Waals surface area contributed by atoms with Crippen molar-refractivity contribution >= 4 is 5.65 Å². The Morgan fingerprint density at radius 1 is 1.21 bits per heavy atom. The summed E-state index contributed by atoms with van der Waals surface area (Å²) in [5, 5.41) is 0. The van der Waals surface area contributed by atoms with E-state index in [2.05, 4.69) is 19.9 Å². The van der Waals surface area contributed by atoms with Crippen LogP contribution in [0.15, 0.2) is 35.4 Å². The molecule has 4 heterocycles. The highest BCUT2D eigenvalue weighted by Gasteiger charge is 2.19. The van der Waals surface area contributed by atoms with Crippen LogP contribution < -0.4 is 5.56 Å². The fraction of sp³-hybridized carbons (Fsp3) is 0.333. The summed E-state index contributed by atoms with van der Waals surface area (Å²) in [7, 11) is 0. The van der Waals surface area contributed by atoms with Gasteiger partial charge < -0.3 is 0 Å². The molecule has 0 saturated carbocycles. The molecule has 0 bridgehead atoms. The summed E-state index contributed by atoms with van der Waals surface area (Å²) < 4.78 is 1.60. The molecule has 0 amide bonds. The molecule has 1 aliphatic heterocycles. The van der Waals surface area contributed by atoms with E-state index in [0.717, 1.165) is 42.3 Å². The van der Waals surface area contributed by atoms with E-state index in [0.29, 0.717) is 12.2 Å². The van der Waals surface area contributed by atoms with Gasteiger partial charge in [-0.15, -0.1) is 0 Å². The molecular weight excluding hydrogens is 302 g/mol. The van der Waals surface area contributed by atoms with Crippen LogP contribution in [0.25, 0.3) is 5.65 Å². The van der Waals surface area contributed by atoms with E-state index in [9.17, 15) is 4.79 Å². The number of pyridine rings is 1. The molecule has 6 nitrogen and oxygen atoms in total. The second kappa shape index (κ2) is 5.79. The molecule has 0 saturated heterocycles. The zero-order chi connectivity index (χ0) is 16.7. The van der Waals surface area contributed by atoms with Crippen molar-refractivity contribution in [2.75, 3.05) is 6.54 Å². The minimum absolute atomic E-state index is 0.0331. The van der Waals surface area contributed by atoms with Gasteiger partial charge in [-0.1, -0.05) is 6.07 Å². The average molecular weight is 321 g/mol. The number of fused-ring (bicyclic) bond motifs is 2. The van der Waals surface area contributed by atoms with E-state index >= 15 is 0 Å². The molecule has 1 aliphatic rings. The van der Waals surface area contributed by atoms with Gasteiger partial charge in [-0.25, -0.2) is 15.0 Å². The maximum Gasteiger partial charge on any atom is 0.258 e. The third-order valence-electron chi connectivity index (χ3n) is 4.39. The Morgan fingerprint density at radius 3 is 2.96 bits per heavy atom. The summed E-state index contributed by atoms with van der Waals surface area (Å²) >= 11 is 0. The Bertz CT molecular complexity index is 979. The maximum atomic E-state index is 12.3. The van der Waals surface area contributed by atoms with Crippen molar-refractivity contribution in [2.45, 2.75) is 33.4 Å². The van der Waals surface area contributed by atoms with Gasteiger partial charge in [0.15, 0.2) is 0 Å². The lowest BCUT2D eigenvalue weighted by Crippen LogP contribution is -2.32. The molecule has 0 radical (unpaired) electrons. The van der Waals surface area contributed by atoms with Crippen molar-refractivity contribution in [2.24, 2.45) is 0 Å². The van der Waals surface area contributed by atoms with Gasteiger partial charge in [-0.3, -0.25) is 14.1 Å². The van der Waals surface area contributed by atoms with E-state index in [4.69, 9.17) is 0 Å². The first-order chi connectivity index (χ1) is 11.6. The standard InChI is InChI=1S/C18H19N5O/c1-12-3-4-17-21-15(7-18(24)23(17)9-12)10-22-6-5-14-8-19-13(2)20-16(14)11-22/h3-4,7-9H,5-6,10-11H2,1-2H3. The van der Waals surface area contributed by atoms with Crippen molar-refractivity contribution in [3.63, 3.8) is 0 Å². The van der Waals surface area contributed by atoms with E-state index in [-0.39, 0.29) is 5.56 Å². The van der Waals surface area contributed by atoms with Crippen LogP contribution in [0.3, 0.4) is 0 Å². The largest absolute Gasteiger partial charge is 0.291 e. The molecule has 0 unspecified atom stereocenters. The molecule has 0 N–H and O–H groups in total. The maximum absolute atomic E-state index is 12.3. The predicted molar refractivity (Wildman–Crippen MR) is 90.8 cm³/mol. The Balaban J connectivity index is 1.61. The van der Waals surface area contributed by atoms with Crippen LogP contribution in [0, 0.1) is 13.8 Å². The third kappa shape index (κ3) is 2.80. The van der Waals surface area contributed by atoms with Gasteiger partial charge in [-0.2, -0.15) is 0 Å². The second-order valence-corrected chi connectivity index (χ2v) is 6.37. The Morgan fingerprint density at radius 2 is 2.08 bits per heavy atom. The number of aromatic nitrogens is 4. The SMILES string of the molecule is Cc1ccc2nc(CN3CCc4cnc(C)nc4C3)cc(=O)n2c1. The molecule has 24 heavy (non-hydrogen) atoms. The smallest absolute Gasteiger partial charge is 0.258 e. The number of rotatable bonds is 2. The average Bonchev–Trinajstić information content (AvgIpc) is 2.55. The van der Waals surface area contributed by atoms with Crippen molar-refractivity contribution in [1.29, 1.82) is 0 Å². The normalized spacial score (nSPS) is 14.8. The van der Waals surface area contributed by atoms with Crippen molar-refractivity contribution in [1.82, 2.24) is 24.3 Å². The predicted octanol–water partition coefficient (Wildman–Crippen LogP) is 1.66. The van der Waals surface area contributed by atoms with E-state index < -0.39 is 0 Å². The molecule has 6 heteroatoms. The van der Waals surface area contributed by atoms with Gasteiger partial charge in [-0.05, 0) is 37.5 Å². The number of hydrogen-bond donors (Lipinski definition) is 0. The van der Waals surface area contributed by atoms with Gasteiger partial charge in [0.05, 0.1) is 11.4 Å². The first-order valence-corrected chi connectivity index (χ1v) is 8.11. The summed E-state index contributed by atoms with van der Waals surface area (Å²) in [6.07, 6.45) is 4.69. The number of hydrogen-bond acceptors (Lipinski definition) is 5. The Kier molecular flexibility index (Phi) is 3.61. The monoisotopic (exact) mass is 321 g/mol. The van der Waals surface area contributed by atoms with Gasteiger partial charge in [0.25, 0.3) is 5.56 Å². The lowest BCUT2D eigenvalue weighted by Gasteiger charge is -2.27.